The normalized spacial score (nSPS) is 24.9. The van der Waals surface area contributed by atoms with Gasteiger partial charge in [-0.15, -0.1) is 0 Å². The fourth-order valence-electron chi connectivity index (χ4n) is 12.3. The fourth-order valence-corrected chi connectivity index (χ4v) is 12.3. The Balaban J connectivity index is 0.000000144. The molecule has 73 heavy (non-hydrogen) atoms. The number of hydrogen-bond acceptors (Lipinski definition) is 6. The van der Waals surface area contributed by atoms with Gasteiger partial charge in [0.1, 0.15) is 0 Å². The van der Waals surface area contributed by atoms with Crippen LogP contribution in [0.3, 0.4) is 0 Å². The standard InChI is InChI=1S/C21H23N.C17H15N.C15H16N2.C14H14N2/c1-20(2,17-9-5-4-6-10-17)21(3)14-13-16(15-22)18-11-7-8-12-19(18)21;18-12-14-10-11-16(13-6-2-1-3-7-13)17-9-5-4-8-15(14)17;1-11(9-16)15(2)8-7-12(10-17)13-5-3-4-6-14(13)15;1-10(8-15)12-7-6-11(9-16)13-4-2-3-5-14(12)13/h4-12,16H,13-14H2,1-3H3;1-9,14,16H,10-11H2;3-6,11-12H,7-8H2,1-2H3;2-5,10-12H,6-7H2,1H3. The highest BCUT2D eigenvalue weighted by molar-refractivity contribution is 5.48. The molecule has 4 aliphatic rings. The van der Waals surface area contributed by atoms with E-state index in [2.05, 4.69) is 179 Å². The second-order valence-corrected chi connectivity index (χ2v) is 21.5. The Morgan fingerprint density at radius 2 is 0.863 bits per heavy atom. The Bertz CT molecular complexity index is 3100. The number of benzene rings is 6. The number of fused-ring (bicyclic) bond motifs is 4. The lowest BCUT2D eigenvalue weighted by Crippen LogP contribution is -2.45. The van der Waals surface area contributed by atoms with Crippen LogP contribution in [0.4, 0.5) is 0 Å². The molecule has 10 unspecified atom stereocenters. The van der Waals surface area contributed by atoms with Crippen LogP contribution < -0.4 is 0 Å². The highest BCUT2D eigenvalue weighted by Gasteiger charge is 2.47. The lowest BCUT2D eigenvalue weighted by molar-refractivity contribution is 0.234. The minimum absolute atomic E-state index is 0.00910. The summed E-state index contributed by atoms with van der Waals surface area (Å²) in [5.41, 5.74) is 12.4. The third-order valence-electron chi connectivity index (χ3n) is 17.5. The van der Waals surface area contributed by atoms with E-state index in [0.717, 1.165) is 62.5 Å². The van der Waals surface area contributed by atoms with E-state index in [1.165, 1.54) is 44.5 Å². The van der Waals surface area contributed by atoms with Crippen molar-refractivity contribution < 1.29 is 0 Å². The van der Waals surface area contributed by atoms with E-state index < -0.39 is 0 Å². The maximum atomic E-state index is 9.48. The maximum Gasteiger partial charge on any atom is 0.0715 e. The van der Waals surface area contributed by atoms with Gasteiger partial charge in [0.25, 0.3) is 0 Å². The van der Waals surface area contributed by atoms with Gasteiger partial charge in [-0.2, -0.15) is 31.6 Å². The first-order chi connectivity index (χ1) is 35.3. The average molecular weight is 957 g/mol. The van der Waals surface area contributed by atoms with Gasteiger partial charge >= 0.3 is 0 Å². The molecule has 10 atom stereocenters. The van der Waals surface area contributed by atoms with Crippen molar-refractivity contribution in [2.75, 3.05) is 0 Å². The van der Waals surface area contributed by atoms with Crippen molar-refractivity contribution in [3.05, 3.63) is 213 Å². The van der Waals surface area contributed by atoms with Crippen molar-refractivity contribution >= 4 is 0 Å². The third kappa shape index (κ3) is 10.9. The molecule has 6 heteroatoms. The molecule has 10 rings (SSSR count). The van der Waals surface area contributed by atoms with E-state index >= 15 is 0 Å². The first-order valence-electron chi connectivity index (χ1n) is 26.2. The molecule has 0 N–H and O–H groups in total. The molecule has 0 heterocycles. The van der Waals surface area contributed by atoms with Crippen LogP contribution >= 0.6 is 0 Å². The molecule has 0 fully saturated rings. The molecule has 4 aliphatic carbocycles. The van der Waals surface area contributed by atoms with Gasteiger partial charge in [0.15, 0.2) is 0 Å². The lowest BCUT2D eigenvalue weighted by Gasteiger charge is -2.49. The van der Waals surface area contributed by atoms with Crippen molar-refractivity contribution in [1.29, 1.82) is 31.6 Å². The maximum absolute atomic E-state index is 9.48. The smallest absolute Gasteiger partial charge is 0.0715 e. The average Bonchev–Trinajstić information content (AvgIpc) is 3.45. The van der Waals surface area contributed by atoms with E-state index in [4.69, 9.17) is 10.5 Å². The second-order valence-electron chi connectivity index (χ2n) is 21.5. The second kappa shape index (κ2) is 23.7. The van der Waals surface area contributed by atoms with Crippen molar-refractivity contribution in [2.45, 2.75) is 145 Å². The monoisotopic (exact) mass is 957 g/mol. The molecule has 0 spiro atoms. The molecule has 0 radical (unpaired) electrons. The highest BCUT2D eigenvalue weighted by Crippen LogP contribution is 2.53. The Kier molecular flexibility index (Phi) is 17.2. The van der Waals surface area contributed by atoms with Crippen LogP contribution in [0.2, 0.25) is 0 Å². The van der Waals surface area contributed by atoms with Crippen LogP contribution in [0.5, 0.6) is 0 Å². The van der Waals surface area contributed by atoms with Crippen LogP contribution in [-0.2, 0) is 16.2 Å². The molecule has 366 valence electrons. The van der Waals surface area contributed by atoms with Gasteiger partial charge < -0.3 is 0 Å². The van der Waals surface area contributed by atoms with Crippen LogP contribution in [0, 0.1) is 79.8 Å². The Morgan fingerprint density at radius 1 is 0.438 bits per heavy atom. The molecule has 6 aromatic carbocycles. The molecule has 6 aromatic rings. The Labute approximate surface area is 435 Å². The molecular weight excluding hydrogens is 889 g/mol. The predicted octanol–water partition coefficient (Wildman–Crippen LogP) is 16.4. The van der Waals surface area contributed by atoms with Crippen molar-refractivity contribution in [2.24, 2.45) is 11.8 Å². The minimum Gasteiger partial charge on any atom is -0.198 e. The van der Waals surface area contributed by atoms with Gasteiger partial charge in [0, 0.05) is 16.7 Å². The first kappa shape index (κ1) is 53.1. The zero-order chi connectivity index (χ0) is 52.2. The molecule has 6 nitrogen and oxygen atoms in total. The predicted molar refractivity (Wildman–Crippen MR) is 291 cm³/mol. The van der Waals surface area contributed by atoms with Crippen LogP contribution in [0.1, 0.15) is 184 Å². The summed E-state index contributed by atoms with van der Waals surface area (Å²) in [7, 11) is 0. The summed E-state index contributed by atoms with van der Waals surface area (Å²) in [4.78, 5) is 0. The van der Waals surface area contributed by atoms with Crippen molar-refractivity contribution in [1.82, 2.24) is 0 Å². The summed E-state index contributed by atoms with van der Waals surface area (Å²) in [6.45, 7) is 13.1. The van der Waals surface area contributed by atoms with Crippen LogP contribution in [0.15, 0.2) is 158 Å². The Hall–Kier alpha value is -7.74. The van der Waals surface area contributed by atoms with Crippen LogP contribution in [0.25, 0.3) is 0 Å². The molecule has 0 bridgehead atoms. The quantitative estimate of drug-likeness (QED) is 0.168. The largest absolute Gasteiger partial charge is 0.198 e. The van der Waals surface area contributed by atoms with Gasteiger partial charge in [-0.3, -0.25) is 0 Å². The topological polar surface area (TPSA) is 143 Å². The van der Waals surface area contributed by atoms with E-state index in [0.29, 0.717) is 11.8 Å². The fraction of sp³-hybridized carbons (Fsp3) is 0.373. The van der Waals surface area contributed by atoms with Gasteiger partial charge in [-0.25, -0.2) is 0 Å². The van der Waals surface area contributed by atoms with Crippen LogP contribution in [-0.4, -0.2) is 0 Å². The summed E-state index contributed by atoms with van der Waals surface area (Å²) in [6.07, 6.45) is 7.62. The summed E-state index contributed by atoms with van der Waals surface area (Å²) < 4.78 is 0. The summed E-state index contributed by atoms with van der Waals surface area (Å²) >= 11 is 0. The van der Waals surface area contributed by atoms with E-state index in [1.54, 1.807) is 0 Å². The zero-order valence-corrected chi connectivity index (χ0v) is 43.5. The summed E-state index contributed by atoms with van der Waals surface area (Å²) in [6, 6.07) is 68.8. The molecule has 0 aromatic heterocycles. The number of nitriles is 6. The first-order valence-corrected chi connectivity index (χ1v) is 26.2. The van der Waals surface area contributed by atoms with Gasteiger partial charge in [0.05, 0.1) is 71.9 Å². The third-order valence-corrected chi connectivity index (χ3v) is 17.5. The SMILES string of the molecule is CC(C#N)C1(C)CCC(C#N)c2ccccc21.CC(C#N)C1CCC(C#N)c2ccccc21.CC(C)(c1ccccc1)C1(C)CCC(C#N)c2ccccc21.N#CC1CCC(c2ccccc2)c2ccccc21. The van der Waals surface area contributed by atoms with E-state index in [9.17, 15) is 21.0 Å². The minimum atomic E-state index is -0.112. The summed E-state index contributed by atoms with van der Waals surface area (Å²) in [5, 5.41) is 55.2. The molecular formula is C67H68N6. The van der Waals surface area contributed by atoms with E-state index in [1.807, 2.05) is 56.3 Å². The Morgan fingerprint density at radius 3 is 1.41 bits per heavy atom. The number of nitrogens with zero attached hydrogens (tertiary/aromatic N) is 6. The molecule has 0 amide bonds. The highest BCUT2D eigenvalue weighted by atomic mass is 14.5. The number of hydrogen-bond donors (Lipinski definition) is 0. The summed E-state index contributed by atoms with van der Waals surface area (Å²) in [5.74, 6) is 0.863. The molecule has 0 saturated heterocycles. The number of rotatable bonds is 5. The van der Waals surface area contributed by atoms with E-state index in [-0.39, 0.29) is 51.8 Å². The van der Waals surface area contributed by atoms with Gasteiger partial charge in [-0.1, -0.05) is 185 Å². The molecule has 0 aliphatic heterocycles. The lowest BCUT2D eigenvalue weighted by atomic mass is 9.54. The van der Waals surface area contributed by atoms with Gasteiger partial charge in [0.2, 0.25) is 0 Å². The van der Waals surface area contributed by atoms with Crippen molar-refractivity contribution in [3.63, 3.8) is 0 Å². The molecule has 0 saturated carbocycles. The zero-order valence-electron chi connectivity index (χ0n) is 43.5. The van der Waals surface area contributed by atoms with Crippen molar-refractivity contribution in [3.8, 4) is 36.4 Å². The van der Waals surface area contributed by atoms with Gasteiger partial charge in [-0.05, 0) is 132 Å².